The number of aryl methyl sites for hydroxylation is 1. The fraction of sp³-hybridized carbons (Fsp3) is 0.700. The van der Waals surface area contributed by atoms with E-state index in [-0.39, 0.29) is 5.92 Å². The van der Waals surface area contributed by atoms with Gasteiger partial charge in [-0.15, -0.1) is 10.2 Å². The van der Waals surface area contributed by atoms with Gasteiger partial charge >= 0.3 is 5.97 Å². The van der Waals surface area contributed by atoms with Gasteiger partial charge in [-0.3, -0.25) is 0 Å². The molecule has 1 aliphatic rings. The van der Waals surface area contributed by atoms with E-state index in [1.165, 1.54) is 0 Å². The molecule has 0 aromatic carbocycles. The third kappa shape index (κ3) is 1.80. The summed E-state index contributed by atoms with van der Waals surface area (Å²) in [5, 5.41) is 17.1. The molecule has 0 aliphatic carbocycles. The molecule has 1 saturated heterocycles. The summed E-state index contributed by atoms with van der Waals surface area (Å²) in [5.74, 6) is 0.660. The molecule has 0 bridgehead atoms. The maximum absolute atomic E-state index is 11.0. The number of carbonyl (C=O) groups is 1. The summed E-state index contributed by atoms with van der Waals surface area (Å²) in [7, 11) is 0. The molecule has 0 spiro atoms. The topological polar surface area (TPSA) is 77.2 Å². The Labute approximate surface area is 93.2 Å². The summed E-state index contributed by atoms with van der Waals surface area (Å²) in [6.07, 6.45) is 0.879. The second-order valence-corrected chi connectivity index (χ2v) is 4.05. The van der Waals surface area contributed by atoms with Crippen molar-refractivity contribution in [2.24, 2.45) is 0 Å². The lowest BCUT2D eigenvalue weighted by molar-refractivity contribution is -0.140. The summed E-state index contributed by atoms with van der Waals surface area (Å²) < 4.78 is 6.97. The van der Waals surface area contributed by atoms with Gasteiger partial charge in [0.2, 0.25) is 0 Å². The third-order valence-corrected chi connectivity index (χ3v) is 2.93. The Kier molecular flexibility index (Phi) is 2.91. The molecule has 16 heavy (non-hydrogen) atoms. The molecule has 2 rings (SSSR count). The van der Waals surface area contributed by atoms with Crippen molar-refractivity contribution in [3.63, 3.8) is 0 Å². The van der Waals surface area contributed by atoms with Crippen molar-refractivity contribution in [1.82, 2.24) is 14.8 Å². The average Bonchev–Trinajstić information content (AvgIpc) is 2.84. The molecule has 88 valence electrons. The molecule has 2 unspecified atom stereocenters. The van der Waals surface area contributed by atoms with E-state index >= 15 is 0 Å². The number of carboxylic acids is 1. The lowest BCUT2D eigenvalue weighted by atomic mass is 10.1. The fourth-order valence-electron chi connectivity index (χ4n) is 1.99. The number of hydrogen-bond donors (Lipinski definition) is 1. The summed E-state index contributed by atoms with van der Waals surface area (Å²) in [5.41, 5.74) is 0. The summed E-state index contributed by atoms with van der Waals surface area (Å²) in [6.45, 7) is 4.71. The zero-order valence-electron chi connectivity index (χ0n) is 9.38. The van der Waals surface area contributed by atoms with Gasteiger partial charge in [0.25, 0.3) is 0 Å². The summed E-state index contributed by atoms with van der Waals surface area (Å²) in [4.78, 5) is 11.0. The van der Waals surface area contributed by atoms with Crippen molar-refractivity contribution in [1.29, 1.82) is 0 Å². The van der Waals surface area contributed by atoms with Crippen LogP contribution in [0.2, 0.25) is 0 Å². The molecule has 0 amide bonds. The molecule has 2 heterocycles. The monoisotopic (exact) mass is 225 g/mol. The predicted molar refractivity (Wildman–Crippen MR) is 55.3 cm³/mol. The minimum atomic E-state index is -0.872. The van der Waals surface area contributed by atoms with Gasteiger partial charge in [0.15, 0.2) is 0 Å². The van der Waals surface area contributed by atoms with Crippen LogP contribution in [0.4, 0.5) is 0 Å². The van der Waals surface area contributed by atoms with E-state index in [9.17, 15) is 4.79 Å². The van der Waals surface area contributed by atoms with Crippen molar-refractivity contribution < 1.29 is 14.6 Å². The van der Waals surface area contributed by atoms with E-state index in [0.717, 1.165) is 12.2 Å². The molecule has 2 atom stereocenters. The van der Waals surface area contributed by atoms with E-state index in [1.807, 2.05) is 0 Å². The largest absolute Gasteiger partial charge is 0.480 e. The van der Waals surface area contributed by atoms with Crippen LogP contribution in [0, 0.1) is 6.92 Å². The van der Waals surface area contributed by atoms with Crippen LogP contribution in [0.25, 0.3) is 0 Å². The summed E-state index contributed by atoms with van der Waals surface area (Å²) in [6, 6.07) is -0.634. The molecule has 1 aromatic rings. The minimum absolute atomic E-state index is 0.169. The van der Waals surface area contributed by atoms with Crippen LogP contribution in [0.1, 0.15) is 37.0 Å². The third-order valence-electron chi connectivity index (χ3n) is 2.93. The second-order valence-electron chi connectivity index (χ2n) is 4.05. The van der Waals surface area contributed by atoms with Gasteiger partial charge in [-0.1, -0.05) is 0 Å². The van der Waals surface area contributed by atoms with Gasteiger partial charge in [-0.05, 0) is 20.3 Å². The Morgan fingerprint density at radius 3 is 2.94 bits per heavy atom. The van der Waals surface area contributed by atoms with E-state index in [0.29, 0.717) is 19.0 Å². The highest BCUT2D eigenvalue weighted by Gasteiger charge is 2.28. The molecular formula is C10H15N3O3. The Balaban J connectivity index is 2.35. The standard InChI is InChI=1S/C10H15N3O3/c1-6(10(14)15)13-7(2)11-12-9(13)8-3-4-16-5-8/h6,8H,3-5H2,1-2H3,(H,14,15). The zero-order valence-corrected chi connectivity index (χ0v) is 9.38. The van der Waals surface area contributed by atoms with Gasteiger partial charge in [0, 0.05) is 12.5 Å². The van der Waals surface area contributed by atoms with E-state index in [1.54, 1.807) is 18.4 Å². The van der Waals surface area contributed by atoms with E-state index < -0.39 is 12.0 Å². The zero-order chi connectivity index (χ0) is 11.7. The van der Waals surface area contributed by atoms with Crippen LogP contribution >= 0.6 is 0 Å². The Morgan fingerprint density at radius 1 is 1.62 bits per heavy atom. The van der Waals surface area contributed by atoms with E-state index in [2.05, 4.69) is 10.2 Å². The molecule has 6 heteroatoms. The second kappa shape index (κ2) is 4.21. The van der Waals surface area contributed by atoms with Gasteiger partial charge in [0.1, 0.15) is 17.7 Å². The molecule has 6 nitrogen and oxygen atoms in total. The Morgan fingerprint density at radius 2 is 2.38 bits per heavy atom. The van der Waals surface area contributed by atoms with Gasteiger partial charge in [0.05, 0.1) is 6.61 Å². The Bertz CT molecular complexity index is 396. The highest BCUT2D eigenvalue weighted by atomic mass is 16.5. The van der Waals surface area contributed by atoms with Crippen molar-refractivity contribution in [3.05, 3.63) is 11.6 Å². The van der Waals surface area contributed by atoms with Crippen LogP contribution in [0.5, 0.6) is 0 Å². The predicted octanol–water partition coefficient (Wildman–Crippen LogP) is 0.736. The fourth-order valence-corrected chi connectivity index (χ4v) is 1.99. The van der Waals surface area contributed by atoms with Crippen LogP contribution in [-0.2, 0) is 9.53 Å². The van der Waals surface area contributed by atoms with Gasteiger partial charge in [-0.25, -0.2) is 4.79 Å². The first-order valence-corrected chi connectivity index (χ1v) is 5.33. The molecular weight excluding hydrogens is 210 g/mol. The molecule has 1 fully saturated rings. The molecule has 1 aliphatic heterocycles. The SMILES string of the molecule is Cc1nnc(C2CCOC2)n1C(C)C(=O)O. The minimum Gasteiger partial charge on any atom is -0.480 e. The van der Waals surface area contributed by atoms with Crippen molar-refractivity contribution in [3.8, 4) is 0 Å². The van der Waals surface area contributed by atoms with Gasteiger partial charge in [-0.2, -0.15) is 0 Å². The average molecular weight is 225 g/mol. The highest BCUT2D eigenvalue weighted by Crippen LogP contribution is 2.26. The number of ether oxygens (including phenoxy) is 1. The lowest BCUT2D eigenvalue weighted by Crippen LogP contribution is -2.21. The van der Waals surface area contributed by atoms with Crippen molar-refractivity contribution >= 4 is 5.97 Å². The lowest BCUT2D eigenvalue weighted by Gasteiger charge is -2.15. The molecule has 0 saturated carbocycles. The number of rotatable bonds is 3. The van der Waals surface area contributed by atoms with Crippen LogP contribution < -0.4 is 0 Å². The van der Waals surface area contributed by atoms with Crippen LogP contribution in [-0.4, -0.2) is 39.1 Å². The first-order chi connectivity index (χ1) is 7.61. The van der Waals surface area contributed by atoms with Crippen LogP contribution in [0.3, 0.4) is 0 Å². The first-order valence-electron chi connectivity index (χ1n) is 5.33. The van der Waals surface area contributed by atoms with Crippen molar-refractivity contribution in [2.75, 3.05) is 13.2 Å². The number of aliphatic carboxylic acids is 1. The maximum atomic E-state index is 11.0. The van der Waals surface area contributed by atoms with Gasteiger partial charge < -0.3 is 14.4 Å². The smallest absolute Gasteiger partial charge is 0.326 e. The summed E-state index contributed by atoms with van der Waals surface area (Å²) >= 11 is 0. The quantitative estimate of drug-likeness (QED) is 0.820. The number of aromatic nitrogens is 3. The van der Waals surface area contributed by atoms with Crippen LogP contribution in [0.15, 0.2) is 0 Å². The van der Waals surface area contributed by atoms with Crippen molar-refractivity contribution in [2.45, 2.75) is 32.2 Å². The van der Waals surface area contributed by atoms with E-state index in [4.69, 9.17) is 9.84 Å². The molecule has 0 radical (unpaired) electrons. The maximum Gasteiger partial charge on any atom is 0.326 e. The normalized spacial score (nSPS) is 22.2. The molecule has 1 aromatic heterocycles. The Hall–Kier alpha value is -1.43. The molecule has 1 N–H and O–H groups in total. The first kappa shape index (κ1) is 11.1. The number of carboxylic acid groups (broad SMARTS) is 1. The number of hydrogen-bond acceptors (Lipinski definition) is 4. The highest BCUT2D eigenvalue weighted by molar-refractivity contribution is 5.71. The number of nitrogens with zero attached hydrogens (tertiary/aromatic N) is 3.